The summed E-state index contributed by atoms with van der Waals surface area (Å²) in [4.78, 5) is 18.1. The molecular weight excluding hydrogens is 260 g/mol. The van der Waals surface area contributed by atoms with E-state index in [9.17, 15) is 4.79 Å². The monoisotopic (exact) mass is 284 g/mol. The van der Waals surface area contributed by atoms with Crippen LogP contribution in [0.2, 0.25) is 0 Å². The van der Waals surface area contributed by atoms with E-state index in [2.05, 4.69) is 28.9 Å². The minimum absolute atomic E-state index is 0.290. The van der Waals surface area contributed by atoms with Crippen molar-refractivity contribution < 1.29 is 4.79 Å². The topological polar surface area (TPSA) is 36.1 Å². The van der Waals surface area contributed by atoms with Crippen molar-refractivity contribution in [1.29, 1.82) is 0 Å². The molecule has 3 heteroatoms. The molecule has 1 aliphatic rings. The number of likely N-dealkylation sites (tertiary alicyclic amines) is 1. The fraction of sp³-hybridized carbons (Fsp3) is 0.500. The lowest BCUT2D eigenvalue weighted by Gasteiger charge is -2.36. The number of hydrogen-bond acceptors (Lipinski definition) is 1. The van der Waals surface area contributed by atoms with Crippen LogP contribution in [-0.2, 0) is 11.2 Å². The summed E-state index contributed by atoms with van der Waals surface area (Å²) in [6, 6.07) is 8.66. The van der Waals surface area contributed by atoms with E-state index >= 15 is 0 Å². The Kier molecular flexibility index (Phi) is 4.28. The number of hydrogen-bond donors (Lipinski definition) is 1. The Balaban J connectivity index is 1.75. The van der Waals surface area contributed by atoms with Gasteiger partial charge in [0.25, 0.3) is 0 Å². The molecule has 0 bridgehead atoms. The number of fused-ring (bicyclic) bond motifs is 1. The van der Waals surface area contributed by atoms with Crippen molar-refractivity contribution in [3.05, 3.63) is 36.0 Å². The summed E-state index contributed by atoms with van der Waals surface area (Å²) in [5, 5.41) is 1.18. The average Bonchev–Trinajstić information content (AvgIpc) is 2.91. The number of aromatic amines is 1. The van der Waals surface area contributed by atoms with Gasteiger partial charge in [-0.3, -0.25) is 4.79 Å². The highest BCUT2D eigenvalue weighted by molar-refractivity contribution is 5.89. The third-order valence-electron chi connectivity index (χ3n) is 4.59. The SMILES string of the molecule is CCCC1CCCCN1C(=O)Cc1c[nH]c2ccccc12. The zero-order valence-electron chi connectivity index (χ0n) is 12.8. The molecule has 1 unspecified atom stereocenters. The second kappa shape index (κ2) is 6.33. The first kappa shape index (κ1) is 14.2. The lowest BCUT2D eigenvalue weighted by molar-refractivity contribution is -0.134. The molecule has 1 atom stereocenters. The van der Waals surface area contributed by atoms with E-state index in [0.717, 1.165) is 36.9 Å². The Labute approximate surface area is 126 Å². The van der Waals surface area contributed by atoms with E-state index in [4.69, 9.17) is 0 Å². The number of aromatic nitrogens is 1. The number of carbonyl (C=O) groups is 1. The van der Waals surface area contributed by atoms with Crippen molar-refractivity contribution in [2.24, 2.45) is 0 Å². The fourth-order valence-corrected chi connectivity index (χ4v) is 3.50. The first-order valence-electron chi connectivity index (χ1n) is 8.14. The number of amides is 1. The minimum atomic E-state index is 0.290. The molecule has 1 saturated heterocycles. The van der Waals surface area contributed by atoms with Gasteiger partial charge in [-0.05, 0) is 37.3 Å². The van der Waals surface area contributed by atoms with Crippen LogP contribution in [0.5, 0.6) is 0 Å². The molecule has 1 aromatic heterocycles. The van der Waals surface area contributed by atoms with Gasteiger partial charge in [-0.15, -0.1) is 0 Å². The number of benzene rings is 1. The van der Waals surface area contributed by atoms with Crippen LogP contribution in [0.3, 0.4) is 0 Å². The van der Waals surface area contributed by atoms with Crippen LogP contribution in [0.15, 0.2) is 30.5 Å². The molecular formula is C18H24N2O. The van der Waals surface area contributed by atoms with Crippen molar-refractivity contribution in [3.63, 3.8) is 0 Å². The molecule has 1 aromatic carbocycles. The van der Waals surface area contributed by atoms with Gasteiger partial charge in [0.2, 0.25) is 5.91 Å². The first-order valence-corrected chi connectivity index (χ1v) is 8.14. The van der Waals surface area contributed by atoms with E-state index in [-0.39, 0.29) is 5.91 Å². The Hall–Kier alpha value is -1.77. The van der Waals surface area contributed by atoms with Gasteiger partial charge in [-0.25, -0.2) is 0 Å². The molecule has 112 valence electrons. The normalized spacial score (nSPS) is 19.1. The molecule has 1 amide bonds. The van der Waals surface area contributed by atoms with Gasteiger partial charge in [0, 0.05) is 29.7 Å². The van der Waals surface area contributed by atoms with E-state index < -0.39 is 0 Å². The van der Waals surface area contributed by atoms with Crippen LogP contribution in [-0.4, -0.2) is 28.4 Å². The maximum Gasteiger partial charge on any atom is 0.227 e. The minimum Gasteiger partial charge on any atom is -0.361 e. The second-order valence-corrected chi connectivity index (χ2v) is 6.06. The first-order chi connectivity index (χ1) is 10.3. The highest BCUT2D eigenvalue weighted by Gasteiger charge is 2.26. The largest absolute Gasteiger partial charge is 0.361 e. The smallest absolute Gasteiger partial charge is 0.227 e. The van der Waals surface area contributed by atoms with Crippen LogP contribution in [0.25, 0.3) is 10.9 Å². The molecule has 1 aliphatic heterocycles. The Morgan fingerprint density at radius 3 is 3.05 bits per heavy atom. The molecule has 0 saturated carbocycles. The molecule has 3 nitrogen and oxygen atoms in total. The zero-order chi connectivity index (χ0) is 14.7. The quantitative estimate of drug-likeness (QED) is 0.908. The molecule has 2 aromatic rings. The molecule has 1 N–H and O–H groups in total. The fourth-order valence-electron chi connectivity index (χ4n) is 3.50. The summed E-state index contributed by atoms with van der Waals surface area (Å²) in [5.74, 6) is 0.290. The Morgan fingerprint density at radius 1 is 1.33 bits per heavy atom. The molecule has 0 radical (unpaired) electrons. The number of para-hydroxylation sites is 1. The number of H-pyrrole nitrogens is 1. The zero-order valence-corrected chi connectivity index (χ0v) is 12.8. The molecule has 0 aliphatic carbocycles. The highest BCUT2D eigenvalue weighted by atomic mass is 16.2. The lowest BCUT2D eigenvalue weighted by Crippen LogP contribution is -2.44. The Morgan fingerprint density at radius 2 is 2.19 bits per heavy atom. The van der Waals surface area contributed by atoms with Crippen molar-refractivity contribution >= 4 is 16.8 Å². The third kappa shape index (κ3) is 2.97. The van der Waals surface area contributed by atoms with Gasteiger partial charge < -0.3 is 9.88 Å². The Bertz CT molecular complexity index is 614. The van der Waals surface area contributed by atoms with Crippen molar-refractivity contribution in [1.82, 2.24) is 9.88 Å². The van der Waals surface area contributed by atoms with Crippen LogP contribution >= 0.6 is 0 Å². The van der Waals surface area contributed by atoms with Gasteiger partial charge in [0.1, 0.15) is 0 Å². The average molecular weight is 284 g/mol. The van der Waals surface area contributed by atoms with E-state index in [1.54, 1.807) is 0 Å². The number of nitrogens with one attached hydrogen (secondary N) is 1. The number of piperidine rings is 1. The highest BCUT2D eigenvalue weighted by Crippen LogP contribution is 2.24. The van der Waals surface area contributed by atoms with Crippen LogP contribution in [0, 0.1) is 0 Å². The number of nitrogens with zero attached hydrogens (tertiary/aromatic N) is 1. The van der Waals surface area contributed by atoms with Crippen molar-refractivity contribution in [2.75, 3.05) is 6.54 Å². The summed E-state index contributed by atoms with van der Waals surface area (Å²) in [6.45, 7) is 3.14. The summed E-state index contributed by atoms with van der Waals surface area (Å²) >= 11 is 0. The molecule has 0 spiro atoms. The standard InChI is InChI=1S/C18H24N2O/c1-2-7-15-8-5-6-11-20(15)18(21)12-14-13-19-17-10-4-3-9-16(14)17/h3-4,9-10,13,15,19H,2,5-8,11-12H2,1H3. The van der Waals surface area contributed by atoms with Gasteiger partial charge in [-0.2, -0.15) is 0 Å². The van der Waals surface area contributed by atoms with E-state index in [0.29, 0.717) is 12.5 Å². The predicted octanol–water partition coefficient (Wildman–Crippen LogP) is 3.89. The molecule has 3 rings (SSSR count). The van der Waals surface area contributed by atoms with Crippen LogP contribution in [0.4, 0.5) is 0 Å². The van der Waals surface area contributed by atoms with Crippen LogP contribution in [0.1, 0.15) is 44.6 Å². The molecule has 21 heavy (non-hydrogen) atoms. The van der Waals surface area contributed by atoms with E-state index in [1.165, 1.54) is 18.2 Å². The van der Waals surface area contributed by atoms with Gasteiger partial charge >= 0.3 is 0 Å². The van der Waals surface area contributed by atoms with Crippen LogP contribution < -0.4 is 0 Å². The third-order valence-corrected chi connectivity index (χ3v) is 4.59. The van der Waals surface area contributed by atoms with Gasteiger partial charge in [-0.1, -0.05) is 31.5 Å². The predicted molar refractivity (Wildman–Crippen MR) is 86.3 cm³/mol. The molecule has 2 heterocycles. The summed E-state index contributed by atoms with van der Waals surface area (Å²) in [7, 11) is 0. The van der Waals surface area contributed by atoms with Gasteiger partial charge in [0.05, 0.1) is 6.42 Å². The van der Waals surface area contributed by atoms with Gasteiger partial charge in [0.15, 0.2) is 0 Å². The summed E-state index contributed by atoms with van der Waals surface area (Å²) < 4.78 is 0. The molecule has 1 fully saturated rings. The van der Waals surface area contributed by atoms with Crippen molar-refractivity contribution in [2.45, 2.75) is 51.5 Å². The lowest BCUT2D eigenvalue weighted by atomic mass is 9.97. The second-order valence-electron chi connectivity index (χ2n) is 6.06. The maximum absolute atomic E-state index is 12.7. The maximum atomic E-state index is 12.7. The van der Waals surface area contributed by atoms with Crippen molar-refractivity contribution in [3.8, 4) is 0 Å². The number of rotatable bonds is 4. The number of carbonyl (C=O) groups excluding carboxylic acids is 1. The summed E-state index contributed by atoms with van der Waals surface area (Å²) in [5.41, 5.74) is 2.24. The summed E-state index contributed by atoms with van der Waals surface area (Å²) in [6.07, 6.45) is 8.39. The van der Waals surface area contributed by atoms with E-state index in [1.807, 2.05) is 18.3 Å².